The summed E-state index contributed by atoms with van der Waals surface area (Å²) in [6.45, 7) is 2.17. The molecule has 0 spiro atoms. The number of aliphatic hydroxyl groups excluding tert-OH is 1. The van der Waals surface area contributed by atoms with Gasteiger partial charge in [0.2, 0.25) is 0 Å². The standard InChI is InChI=1S/C18H34O3.K/c1-2-3-11-14-17(19)15-12-9-7-5-4-6-8-10-13-16-18(20)21;/h12,15,17,19H,2-11,13-14,16H2,1H3,(H,20,21);/q;+1/p-1/b15-12+;. The number of carboxylic acids is 1. The molecule has 0 fully saturated rings. The van der Waals surface area contributed by atoms with Gasteiger partial charge in [0.25, 0.3) is 0 Å². The Morgan fingerprint density at radius 3 is 2.18 bits per heavy atom. The number of aliphatic carboxylic acids is 1. The van der Waals surface area contributed by atoms with Gasteiger partial charge in [0.1, 0.15) is 0 Å². The van der Waals surface area contributed by atoms with E-state index >= 15 is 0 Å². The van der Waals surface area contributed by atoms with Crippen molar-refractivity contribution in [3.05, 3.63) is 12.2 Å². The Balaban J connectivity index is 0. The molecule has 0 aliphatic heterocycles. The predicted octanol–water partition coefficient (Wildman–Crippen LogP) is 0.749. The molecule has 22 heavy (non-hydrogen) atoms. The van der Waals surface area contributed by atoms with Crippen LogP contribution in [-0.4, -0.2) is 17.2 Å². The smallest absolute Gasteiger partial charge is 0.550 e. The van der Waals surface area contributed by atoms with E-state index in [0.29, 0.717) is 0 Å². The molecule has 0 aromatic rings. The fourth-order valence-electron chi connectivity index (χ4n) is 2.37. The minimum absolute atomic E-state index is 0. The average molecular weight is 337 g/mol. The molecule has 0 radical (unpaired) electrons. The van der Waals surface area contributed by atoms with Gasteiger partial charge in [0, 0.05) is 5.97 Å². The van der Waals surface area contributed by atoms with Gasteiger partial charge >= 0.3 is 51.4 Å². The molecule has 0 bridgehead atoms. The molecule has 0 aliphatic rings. The number of carbonyl (C=O) groups is 1. The molecule has 1 atom stereocenters. The summed E-state index contributed by atoms with van der Waals surface area (Å²) in [5.41, 5.74) is 0. The van der Waals surface area contributed by atoms with E-state index in [1.165, 1.54) is 38.5 Å². The maximum atomic E-state index is 10.2. The van der Waals surface area contributed by atoms with E-state index in [1.807, 2.05) is 6.08 Å². The summed E-state index contributed by atoms with van der Waals surface area (Å²) in [7, 11) is 0. The molecule has 0 saturated heterocycles. The van der Waals surface area contributed by atoms with E-state index in [2.05, 4.69) is 13.0 Å². The van der Waals surface area contributed by atoms with Gasteiger partial charge in [-0.25, -0.2) is 0 Å². The van der Waals surface area contributed by atoms with Gasteiger partial charge in [-0.1, -0.05) is 70.4 Å². The van der Waals surface area contributed by atoms with E-state index in [-0.39, 0.29) is 63.9 Å². The summed E-state index contributed by atoms with van der Waals surface area (Å²) < 4.78 is 0. The number of carboxylic acid groups (broad SMARTS) is 1. The van der Waals surface area contributed by atoms with Crippen molar-refractivity contribution in [3.63, 3.8) is 0 Å². The molecular weight excluding hydrogens is 303 g/mol. The van der Waals surface area contributed by atoms with Crippen LogP contribution in [-0.2, 0) is 4.79 Å². The summed E-state index contributed by atoms with van der Waals surface area (Å²) in [6, 6.07) is 0. The van der Waals surface area contributed by atoms with Gasteiger partial charge in [0.15, 0.2) is 0 Å². The molecule has 3 nitrogen and oxygen atoms in total. The molecule has 1 unspecified atom stereocenters. The minimum Gasteiger partial charge on any atom is -0.550 e. The first kappa shape index (κ1) is 25.1. The van der Waals surface area contributed by atoms with Crippen LogP contribution in [0, 0.1) is 0 Å². The van der Waals surface area contributed by atoms with Gasteiger partial charge in [0.05, 0.1) is 6.10 Å². The quantitative estimate of drug-likeness (QED) is 0.273. The Labute approximate surface area is 179 Å². The van der Waals surface area contributed by atoms with Crippen molar-refractivity contribution in [1.29, 1.82) is 0 Å². The van der Waals surface area contributed by atoms with Crippen LogP contribution >= 0.6 is 0 Å². The van der Waals surface area contributed by atoms with Gasteiger partial charge in [-0.15, -0.1) is 0 Å². The van der Waals surface area contributed by atoms with Crippen LogP contribution in [0.4, 0.5) is 0 Å². The summed E-state index contributed by atoms with van der Waals surface area (Å²) in [5.74, 6) is -0.932. The summed E-state index contributed by atoms with van der Waals surface area (Å²) in [5, 5.41) is 19.9. The third kappa shape index (κ3) is 20.8. The Kier molecular flexibility index (Phi) is 22.6. The Morgan fingerprint density at radius 2 is 1.59 bits per heavy atom. The minimum atomic E-state index is -0.932. The molecule has 0 aromatic carbocycles. The van der Waals surface area contributed by atoms with Crippen LogP contribution in [0.15, 0.2) is 12.2 Å². The van der Waals surface area contributed by atoms with Crippen molar-refractivity contribution >= 4 is 5.97 Å². The van der Waals surface area contributed by atoms with Crippen molar-refractivity contribution in [3.8, 4) is 0 Å². The number of hydrogen-bond acceptors (Lipinski definition) is 3. The Morgan fingerprint density at radius 1 is 1.00 bits per heavy atom. The second kappa shape index (κ2) is 19.9. The fraction of sp³-hybridized carbons (Fsp3) is 0.833. The van der Waals surface area contributed by atoms with Crippen molar-refractivity contribution in [2.75, 3.05) is 0 Å². The zero-order valence-electron chi connectivity index (χ0n) is 14.7. The number of carbonyl (C=O) groups excluding carboxylic acids is 1. The number of aliphatic hydroxyl groups is 1. The van der Waals surface area contributed by atoms with Crippen LogP contribution in [0.25, 0.3) is 0 Å². The third-order valence-corrected chi connectivity index (χ3v) is 3.71. The van der Waals surface area contributed by atoms with E-state index in [0.717, 1.165) is 38.5 Å². The second-order valence-corrected chi connectivity index (χ2v) is 5.88. The van der Waals surface area contributed by atoms with Crippen LogP contribution in [0.3, 0.4) is 0 Å². The summed E-state index contributed by atoms with van der Waals surface area (Å²) >= 11 is 0. The Hall–Kier alpha value is 0.806. The Bertz CT molecular complexity index is 267. The van der Waals surface area contributed by atoms with Crippen molar-refractivity contribution in [1.82, 2.24) is 0 Å². The zero-order chi connectivity index (χ0) is 15.8. The normalized spacial score (nSPS) is 12.3. The van der Waals surface area contributed by atoms with Gasteiger partial charge in [-0.2, -0.15) is 0 Å². The van der Waals surface area contributed by atoms with E-state index < -0.39 is 5.97 Å². The molecule has 0 rings (SSSR count). The molecule has 0 aliphatic carbocycles. The largest absolute Gasteiger partial charge is 1.00 e. The number of unbranched alkanes of at least 4 members (excludes halogenated alkanes) is 9. The molecule has 1 N–H and O–H groups in total. The topological polar surface area (TPSA) is 60.4 Å². The van der Waals surface area contributed by atoms with Gasteiger partial charge in [-0.3, -0.25) is 0 Å². The SMILES string of the molecule is CCCCCC(O)/C=C/CCCCCCCCCC(=O)[O-].[K+]. The second-order valence-electron chi connectivity index (χ2n) is 5.88. The predicted molar refractivity (Wildman–Crippen MR) is 85.8 cm³/mol. The zero-order valence-corrected chi connectivity index (χ0v) is 17.8. The van der Waals surface area contributed by atoms with Crippen molar-refractivity contribution in [2.45, 2.75) is 96.5 Å². The molecule has 4 heteroatoms. The molecule has 124 valence electrons. The van der Waals surface area contributed by atoms with Gasteiger partial charge in [-0.05, 0) is 32.1 Å². The molecule has 0 aromatic heterocycles. The van der Waals surface area contributed by atoms with Gasteiger partial charge < -0.3 is 15.0 Å². The summed E-state index contributed by atoms with van der Waals surface area (Å²) in [4.78, 5) is 10.2. The maximum Gasteiger partial charge on any atom is 1.00 e. The van der Waals surface area contributed by atoms with Crippen LogP contribution in [0.2, 0.25) is 0 Å². The molecular formula is C18H33KO3. The van der Waals surface area contributed by atoms with E-state index in [1.54, 1.807) is 0 Å². The average Bonchev–Trinajstić information content (AvgIpc) is 2.44. The first-order chi connectivity index (χ1) is 10.2. The fourth-order valence-corrected chi connectivity index (χ4v) is 2.37. The third-order valence-electron chi connectivity index (χ3n) is 3.71. The number of allylic oxidation sites excluding steroid dienone is 1. The number of rotatable bonds is 15. The monoisotopic (exact) mass is 336 g/mol. The van der Waals surface area contributed by atoms with Crippen LogP contribution in [0.1, 0.15) is 90.4 Å². The van der Waals surface area contributed by atoms with Crippen molar-refractivity contribution in [2.24, 2.45) is 0 Å². The van der Waals surface area contributed by atoms with Crippen LogP contribution in [0.5, 0.6) is 0 Å². The van der Waals surface area contributed by atoms with E-state index in [4.69, 9.17) is 0 Å². The van der Waals surface area contributed by atoms with Crippen LogP contribution < -0.4 is 56.5 Å². The first-order valence-corrected chi connectivity index (χ1v) is 8.71. The molecule has 0 heterocycles. The summed E-state index contributed by atoms with van der Waals surface area (Å²) in [6.07, 6.45) is 17.1. The maximum absolute atomic E-state index is 10.2. The van der Waals surface area contributed by atoms with E-state index in [9.17, 15) is 15.0 Å². The number of hydrogen-bond donors (Lipinski definition) is 1. The molecule has 0 amide bonds. The molecule has 0 saturated carbocycles. The van der Waals surface area contributed by atoms with Crippen molar-refractivity contribution < 1.29 is 66.4 Å². The first-order valence-electron chi connectivity index (χ1n) is 8.71.